The van der Waals surface area contributed by atoms with Crippen LogP contribution in [0.15, 0.2) is 5.38 Å². The number of nitrogens with one attached hydrogen (secondary N) is 1. The molecular weight excluding hydrogens is 282 g/mol. The van der Waals surface area contributed by atoms with Crippen LogP contribution in [0.1, 0.15) is 5.01 Å². The van der Waals surface area contributed by atoms with Crippen LogP contribution in [0.4, 0.5) is 5.13 Å². The Bertz CT molecular complexity index is 511. The van der Waals surface area contributed by atoms with Crippen molar-refractivity contribution >= 4 is 27.8 Å². The Morgan fingerprint density at radius 1 is 1.37 bits per heavy atom. The van der Waals surface area contributed by atoms with Gasteiger partial charge in [-0.1, -0.05) is 11.3 Å². The third kappa shape index (κ3) is 4.20. The van der Waals surface area contributed by atoms with Crippen molar-refractivity contribution in [3.05, 3.63) is 10.4 Å². The maximum absolute atomic E-state index is 4.97. The van der Waals surface area contributed by atoms with Gasteiger partial charge in [0.15, 0.2) is 5.01 Å². The second-order valence-electron chi connectivity index (χ2n) is 4.20. The molecule has 0 spiro atoms. The van der Waals surface area contributed by atoms with E-state index in [1.807, 2.05) is 19.5 Å². The largest absolute Gasteiger partial charge is 0.383 e. The van der Waals surface area contributed by atoms with E-state index in [4.69, 9.17) is 4.74 Å². The van der Waals surface area contributed by atoms with Crippen molar-refractivity contribution in [2.45, 2.75) is 6.54 Å². The summed E-state index contributed by atoms with van der Waals surface area (Å²) in [6.45, 7) is 2.23. The van der Waals surface area contributed by atoms with E-state index in [0.717, 1.165) is 33.9 Å². The maximum atomic E-state index is 4.97. The van der Waals surface area contributed by atoms with E-state index in [1.165, 1.54) is 11.3 Å². The normalized spacial score (nSPS) is 11.2. The molecule has 0 saturated heterocycles. The van der Waals surface area contributed by atoms with Crippen LogP contribution < -0.4 is 5.32 Å². The van der Waals surface area contributed by atoms with Crippen molar-refractivity contribution < 1.29 is 4.74 Å². The highest BCUT2D eigenvalue weighted by Gasteiger charge is 2.10. The molecule has 8 heteroatoms. The molecule has 2 rings (SSSR count). The van der Waals surface area contributed by atoms with Crippen molar-refractivity contribution in [3.63, 3.8) is 0 Å². The monoisotopic (exact) mass is 299 g/mol. The van der Waals surface area contributed by atoms with E-state index in [9.17, 15) is 0 Å². The van der Waals surface area contributed by atoms with Crippen LogP contribution in [0.3, 0.4) is 0 Å². The topological polar surface area (TPSA) is 63.2 Å². The van der Waals surface area contributed by atoms with Gasteiger partial charge in [-0.05, 0) is 14.1 Å². The average Bonchev–Trinajstić information content (AvgIpc) is 2.97. The maximum Gasteiger partial charge on any atom is 0.206 e. The first kappa shape index (κ1) is 14.3. The number of nitrogens with zero attached hydrogens (tertiary/aromatic N) is 4. The summed E-state index contributed by atoms with van der Waals surface area (Å²) in [6.07, 6.45) is 0. The molecule has 104 valence electrons. The number of hydrogen-bond acceptors (Lipinski definition) is 8. The van der Waals surface area contributed by atoms with Gasteiger partial charge in [0.1, 0.15) is 10.7 Å². The second kappa shape index (κ2) is 6.90. The molecule has 1 N–H and O–H groups in total. The third-order valence-corrected chi connectivity index (χ3v) is 3.97. The van der Waals surface area contributed by atoms with Crippen LogP contribution in [0.2, 0.25) is 0 Å². The lowest BCUT2D eigenvalue weighted by Gasteiger charge is -2.04. The van der Waals surface area contributed by atoms with Crippen molar-refractivity contribution in [1.29, 1.82) is 0 Å². The van der Waals surface area contributed by atoms with E-state index >= 15 is 0 Å². The molecule has 2 heterocycles. The fourth-order valence-corrected chi connectivity index (χ4v) is 3.11. The molecule has 6 nitrogen and oxygen atoms in total. The minimum atomic E-state index is 0.651. The molecule has 0 amide bonds. The second-order valence-corrected chi connectivity index (χ2v) is 6.12. The molecule has 0 aliphatic rings. The molecule has 0 aliphatic heterocycles. The van der Waals surface area contributed by atoms with Crippen LogP contribution in [0, 0.1) is 0 Å². The zero-order valence-electron chi connectivity index (χ0n) is 11.2. The minimum Gasteiger partial charge on any atom is -0.383 e. The predicted molar refractivity (Wildman–Crippen MR) is 78.8 cm³/mol. The van der Waals surface area contributed by atoms with E-state index in [0.29, 0.717) is 6.61 Å². The number of hydrogen-bond donors (Lipinski definition) is 1. The van der Waals surface area contributed by atoms with Crippen molar-refractivity contribution in [2.75, 3.05) is 39.7 Å². The van der Waals surface area contributed by atoms with E-state index in [2.05, 4.69) is 25.4 Å². The molecule has 0 aromatic carbocycles. The SMILES string of the molecule is COCCNc1nnc(-c2csc(CN(C)C)n2)s1. The third-order valence-electron chi connectivity index (χ3n) is 2.23. The molecule has 0 saturated carbocycles. The molecule has 0 fully saturated rings. The van der Waals surface area contributed by atoms with Crippen LogP contribution in [0.5, 0.6) is 0 Å². The van der Waals surface area contributed by atoms with Gasteiger partial charge in [-0.2, -0.15) is 0 Å². The Kier molecular flexibility index (Phi) is 5.20. The van der Waals surface area contributed by atoms with Gasteiger partial charge in [0.05, 0.1) is 6.61 Å². The van der Waals surface area contributed by atoms with Crippen LogP contribution >= 0.6 is 22.7 Å². The Labute approximate surface area is 120 Å². The average molecular weight is 299 g/mol. The van der Waals surface area contributed by atoms with Gasteiger partial charge in [-0.3, -0.25) is 0 Å². The summed E-state index contributed by atoms with van der Waals surface area (Å²) in [5, 5.41) is 16.2. The minimum absolute atomic E-state index is 0.651. The first-order valence-electron chi connectivity index (χ1n) is 5.85. The quantitative estimate of drug-likeness (QED) is 0.786. The molecule has 2 aromatic rings. The van der Waals surface area contributed by atoms with Crippen molar-refractivity contribution in [1.82, 2.24) is 20.1 Å². The van der Waals surface area contributed by atoms with Crippen molar-refractivity contribution in [2.24, 2.45) is 0 Å². The standard InChI is InChI=1S/C11H17N5OS2/c1-16(2)6-9-13-8(7-18-9)10-14-15-11(19-10)12-4-5-17-3/h7H,4-6H2,1-3H3,(H,12,15). The molecule has 19 heavy (non-hydrogen) atoms. The number of thiazole rings is 1. The molecular formula is C11H17N5OS2. The molecule has 2 aromatic heterocycles. The van der Waals surface area contributed by atoms with Gasteiger partial charge in [-0.15, -0.1) is 21.5 Å². The summed E-state index contributed by atoms with van der Waals surface area (Å²) in [5.41, 5.74) is 0.902. The van der Waals surface area contributed by atoms with Gasteiger partial charge in [0, 0.05) is 25.6 Å². The number of methoxy groups -OCH3 is 1. The van der Waals surface area contributed by atoms with Crippen LogP contribution in [-0.2, 0) is 11.3 Å². The molecule has 0 bridgehead atoms. The van der Waals surface area contributed by atoms with Gasteiger partial charge >= 0.3 is 0 Å². The number of rotatable bonds is 7. The summed E-state index contributed by atoms with van der Waals surface area (Å²) < 4.78 is 4.97. The number of ether oxygens (including phenoxy) is 1. The fourth-order valence-electron chi connectivity index (χ4n) is 1.41. The number of aromatic nitrogens is 3. The fraction of sp³-hybridized carbons (Fsp3) is 0.545. The van der Waals surface area contributed by atoms with E-state index < -0.39 is 0 Å². The van der Waals surface area contributed by atoms with Crippen LogP contribution in [0.25, 0.3) is 10.7 Å². The Morgan fingerprint density at radius 3 is 2.95 bits per heavy atom. The highest BCUT2D eigenvalue weighted by atomic mass is 32.1. The summed E-state index contributed by atoms with van der Waals surface area (Å²) in [6, 6.07) is 0. The lowest BCUT2D eigenvalue weighted by atomic mass is 10.5. The van der Waals surface area contributed by atoms with Gasteiger partial charge in [0.25, 0.3) is 0 Å². The Hall–Kier alpha value is -1.09. The molecule has 0 unspecified atom stereocenters. The first-order valence-corrected chi connectivity index (χ1v) is 7.54. The van der Waals surface area contributed by atoms with Gasteiger partial charge in [0.2, 0.25) is 5.13 Å². The van der Waals surface area contributed by atoms with E-state index in [1.54, 1.807) is 18.4 Å². The summed E-state index contributed by atoms with van der Waals surface area (Å²) in [7, 11) is 5.74. The predicted octanol–water partition coefficient (Wildman–Crippen LogP) is 1.78. The zero-order valence-corrected chi connectivity index (χ0v) is 12.8. The Morgan fingerprint density at radius 2 is 2.21 bits per heavy atom. The Balaban J connectivity index is 1.99. The molecule has 0 aliphatic carbocycles. The van der Waals surface area contributed by atoms with Crippen LogP contribution in [-0.4, -0.2) is 54.4 Å². The molecule has 0 atom stereocenters. The highest BCUT2D eigenvalue weighted by molar-refractivity contribution is 7.18. The summed E-state index contributed by atoms with van der Waals surface area (Å²) in [5.74, 6) is 0. The van der Waals surface area contributed by atoms with Gasteiger partial charge < -0.3 is 15.0 Å². The van der Waals surface area contributed by atoms with Gasteiger partial charge in [-0.25, -0.2) is 4.98 Å². The smallest absolute Gasteiger partial charge is 0.206 e. The van der Waals surface area contributed by atoms with E-state index in [-0.39, 0.29) is 0 Å². The number of anilines is 1. The highest BCUT2D eigenvalue weighted by Crippen LogP contribution is 2.27. The first-order chi connectivity index (χ1) is 9.19. The lowest BCUT2D eigenvalue weighted by Crippen LogP contribution is -2.10. The van der Waals surface area contributed by atoms with Crippen molar-refractivity contribution in [3.8, 4) is 10.7 Å². The zero-order chi connectivity index (χ0) is 13.7. The summed E-state index contributed by atoms with van der Waals surface area (Å²) >= 11 is 3.16. The lowest BCUT2D eigenvalue weighted by molar-refractivity contribution is 0.211. The summed E-state index contributed by atoms with van der Waals surface area (Å²) in [4.78, 5) is 6.66. The molecule has 0 radical (unpaired) electrons.